The summed E-state index contributed by atoms with van der Waals surface area (Å²) in [6.45, 7) is 8.51. The quantitative estimate of drug-likeness (QED) is 0.459. The molecule has 0 saturated heterocycles. The van der Waals surface area contributed by atoms with Crippen molar-refractivity contribution < 1.29 is 17.0 Å². The van der Waals surface area contributed by atoms with E-state index in [1.807, 2.05) is 10.8 Å². The molecule has 0 bridgehead atoms. The Kier molecular flexibility index (Phi) is 4.71. The molecule has 0 N–H and O–H groups in total. The van der Waals surface area contributed by atoms with Crippen LogP contribution in [0.5, 0.6) is 0 Å². The van der Waals surface area contributed by atoms with Gasteiger partial charge in [-0.3, -0.25) is 0 Å². The Morgan fingerprint density at radius 3 is 2.27 bits per heavy atom. The van der Waals surface area contributed by atoms with Gasteiger partial charge in [0.2, 0.25) is 0 Å². The van der Waals surface area contributed by atoms with Crippen molar-refractivity contribution in [1.82, 2.24) is 0 Å². The predicted molar refractivity (Wildman–Crippen MR) is 47.1 cm³/mol. The van der Waals surface area contributed by atoms with Crippen LogP contribution >= 0.6 is 0 Å². The molecule has 0 radical (unpaired) electrons. The van der Waals surface area contributed by atoms with Gasteiger partial charge in [0.25, 0.3) is 0 Å². The summed E-state index contributed by atoms with van der Waals surface area (Å²) in [4.78, 5) is 0. The van der Waals surface area contributed by atoms with Gasteiger partial charge in [0.1, 0.15) is 0 Å². The summed E-state index contributed by atoms with van der Waals surface area (Å²) >= 11 is 2.41. The molecule has 0 nitrogen and oxygen atoms in total. The Morgan fingerprint density at radius 2 is 1.91 bits per heavy atom. The predicted octanol–water partition coefficient (Wildman–Crippen LogP) is 2.69. The molecule has 0 saturated carbocycles. The van der Waals surface area contributed by atoms with Crippen molar-refractivity contribution >= 4 is 4.73 Å². The molecular weight excluding hydrogens is 171 g/mol. The van der Waals surface area contributed by atoms with Crippen LogP contribution in [0.2, 0.25) is 0 Å². The second-order valence-electron chi connectivity index (χ2n) is 3.57. The second kappa shape index (κ2) is 4.74. The van der Waals surface area contributed by atoms with Gasteiger partial charge in [0.05, 0.1) is 0 Å². The third-order valence-electron chi connectivity index (χ3n) is 1.00. The Morgan fingerprint density at radius 1 is 1.36 bits per heavy atom. The van der Waals surface area contributed by atoms with E-state index in [1.54, 1.807) is 0 Å². The van der Waals surface area contributed by atoms with Crippen LogP contribution in [0, 0.1) is 11.5 Å². The van der Waals surface area contributed by atoms with Gasteiger partial charge in [0.15, 0.2) is 0 Å². The van der Waals surface area contributed by atoms with Crippen molar-refractivity contribution in [3.05, 3.63) is 23.8 Å². The summed E-state index contributed by atoms with van der Waals surface area (Å²) < 4.78 is 1.96. The molecule has 0 aromatic rings. The topological polar surface area (TPSA) is 0 Å². The molecule has 0 amide bonds. The third kappa shape index (κ3) is 7.84. The monoisotopic (exact) mass is 186 g/mol. The molecule has 0 rings (SSSR count). The van der Waals surface area contributed by atoms with E-state index < -0.39 is 0 Å². The van der Waals surface area contributed by atoms with E-state index in [1.165, 1.54) is 5.57 Å². The van der Waals surface area contributed by atoms with Crippen LogP contribution in [0.25, 0.3) is 0 Å². The van der Waals surface area contributed by atoms with E-state index in [-0.39, 0.29) is 5.41 Å². The average molecular weight is 186 g/mol. The van der Waals surface area contributed by atoms with E-state index in [0.717, 1.165) is 0 Å². The molecule has 11 heavy (non-hydrogen) atoms. The van der Waals surface area contributed by atoms with Crippen LogP contribution in [0.15, 0.2) is 17.7 Å². The van der Waals surface area contributed by atoms with Crippen molar-refractivity contribution in [3.63, 3.8) is 0 Å². The molecular formula is C10H15V-. The first-order valence-corrected chi connectivity index (χ1v) is 4.52. The maximum atomic E-state index is 3.36. The summed E-state index contributed by atoms with van der Waals surface area (Å²) in [5, 5.41) is 0. The van der Waals surface area contributed by atoms with Crippen molar-refractivity contribution in [2.45, 2.75) is 27.7 Å². The van der Waals surface area contributed by atoms with Crippen LogP contribution in [-0.4, -0.2) is 4.73 Å². The fourth-order valence-corrected chi connectivity index (χ4v) is 0.955. The van der Waals surface area contributed by atoms with E-state index in [9.17, 15) is 0 Å². The molecule has 1 heteroatoms. The molecule has 0 aromatic carbocycles. The van der Waals surface area contributed by atoms with Crippen molar-refractivity contribution in [1.29, 1.82) is 0 Å². The van der Waals surface area contributed by atoms with Gasteiger partial charge in [-0.15, -0.1) is 0 Å². The fourth-order valence-electron chi connectivity index (χ4n) is 0.821. The van der Waals surface area contributed by atoms with Gasteiger partial charge < -0.3 is 0 Å². The first kappa shape index (κ1) is 10.9. The maximum absolute atomic E-state index is 3.36. The zero-order chi connectivity index (χ0) is 8.91. The number of hydrogen-bond donors (Lipinski definition) is 0. The van der Waals surface area contributed by atoms with Gasteiger partial charge >= 0.3 is 78.6 Å². The SMILES string of the molecule is CC(=[C-]C(C)(C)C)/C=C\[CH]=[V]. The molecule has 0 fully saturated rings. The summed E-state index contributed by atoms with van der Waals surface area (Å²) in [6, 6.07) is 0. The molecule has 61 valence electrons. The van der Waals surface area contributed by atoms with E-state index in [0.29, 0.717) is 0 Å². The van der Waals surface area contributed by atoms with E-state index in [2.05, 4.69) is 56.8 Å². The third-order valence-corrected chi connectivity index (χ3v) is 1.27. The zero-order valence-corrected chi connectivity index (χ0v) is 9.08. The Balaban J connectivity index is 4.22. The number of allylic oxidation sites excluding steroid dienone is 4. The molecule has 0 heterocycles. The number of hydrogen-bond acceptors (Lipinski definition) is 0. The van der Waals surface area contributed by atoms with Crippen molar-refractivity contribution in [2.24, 2.45) is 5.41 Å². The molecule has 0 aliphatic heterocycles. The molecule has 0 aromatic heterocycles. The Hall–Kier alpha value is -0.0656. The second-order valence-corrected chi connectivity index (χ2v) is 4.03. The number of rotatable bonds is 2. The normalized spacial score (nSPS) is 13.9. The van der Waals surface area contributed by atoms with Gasteiger partial charge in [-0.25, -0.2) is 0 Å². The molecule has 0 aliphatic carbocycles. The average Bonchev–Trinajstić information content (AvgIpc) is 1.79. The van der Waals surface area contributed by atoms with Crippen LogP contribution in [0.3, 0.4) is 0 Å². The summed E-state index contributed by atoms with van der Waals surface area (Å²) in [5.41, 5.74) is 1.36. The first-order chi connectivity index (χ1) is 4.95. The Labute approximate surface area is 78.9 Å². The standard InChI is InChI=1S/C10H15.V/c1-6-7-9(2)8-10(3,4)5;/h1,6-7H,2-5H3;/q-1;/b7-6-;. The van der Waals surface area contributed by atoms with Crippen LogP contribution in [0.1, 0.15) is 27.7 Å². The van der Waals surface area contributed by atoms with Gasteiger partial charge in [-0.2, -0.15) is 0 Å². The van der Waals surface area contributed by atoms with Crippen molar-refractivity contribution in [2.75, 3.05) is 0 Å². The van der Waals surface area contributed by atoms with Gasteiger partial charge in [-0.1, -0.05) is 0 Å². The van der Waals surface area contributed by atoms with E-state index >= 15 is 0 Å². The fraction of sp³-hybridized carbons (Fsp3) is 0.500. The van der Waals surface area contributed by atoms with Gasteiger partial charge in [0, 0.05) is 0 Å². The van der Waals surface area contributed by atoms with Crippen LogP contribution < -0.4 is 0 Å². The minimum atomic E-state index is 0.164. The summed E-state index contributed by atoms with van der Waals surface area (Å²) in [7, 11) is 0. The summed E-state index contributed by atoms with van der Waals surface area (Å²) in [5.74, 6) is 0. The molecule has 0 atom stereocenters. The van der Waals surface area contributed by atoms with E-state index in [4.69, 9.17) is 0 Å². The van der Waals surface area contributed by atoms with Crippen molar-refractivity contribution in [3.8, 4) is 0 Å². The zero-order valence-electron chi connectivity index (χ0n) is 7.68. The van der Waals surface area contributed by atoms with Crippen LogP contribution in [0.4, 0.5) is 0 Å². The minimum absolute atomic E-state index is 0.164. The molecule has 0 aliphatic rings. The Bertz CT molecular complexity index is 180. The molecule has 0 unspecified atom stereocenters. The summed E-state index contributed by atoms with van der Waals surface area (Å²) in [6.07, 6.45) is 7.42. The molecule has 0 spiro atoms. The first-order valence-electron chi connectivity index (χ1n) is 3.71. The van der Waals surface area contributed by atoms with Gasteiger partial charge in [-0.05, 0) is 0 Å². The van der Waals surface area contributed by atoms with Crippen LogP contribution in [-0.2, 0) is 17.0 Å².